The second-order valence-electron chi connectivity index (χ2n) is 7.35. The molecule has 1 N–H and O–H groups in total. The third kappa shape index (κ3) is 5.76. The van der Waals surface area contributed by atoms with E-state index in [1.54, 1.807) is 24.3 Å². The Kier molecular flexibility index (Phi) is 6.87. The van der Waals surface area contributed by atoms with Crippen molar-refractivity contribution in [3.05, 3.63) is 107 Å². The molecular formula is C25H22FN3O2S. The lowest BCUT2D eigenvalue weighted by Crippen LogP contribution is -2.25. The van der Waals surface area contributed by atoms with Gasteiger partial charge in [0.2, 0.25) is 0 Å². The molecule has 0 radical (unpaired) electrons. The van der Waals surface area contributed by atoms with E-state index in [0.29, 0.717) is 35.3 Å². The fraction of sp³-hybridized carbons (Fsp3) is 0.160. The van der Waals surface area contributed by atoms with E-state index in [1.165, 1.54) is 17.7 Å². The van der Waals surface area contributed by atoms with Crippen LogP contribution in [0.5, 0.6) is 10.9 Å². The Balaban J connectivity index is 1.37. The number of halogens is 1. The van der Waals surface area contributed by atoms with Crippen LogP contribution in [0.4, 0.5) is 4.39 Å². The number of hydrogen-bond donors (Lipinski definition) is 1. The summed E-state index contributed by atoms with van der Waals surface area (Å²) >= 11 is 1.14. The molecule has 1 aromatic heterocycles. The average Bonchev–Trinajstić information content (AvgIpc) is 3.24. The van der Waals surface area contributed by atoms with Crippen LogP contribution in [0.3, 0.4) is 0 Å². The smallest absolute Gasteiger partial charge is 0.298 e. The number of benzene rings is 3. The number of hydrogen-bond acceptors (Lipinski definition) is 5. The molecule has 3 aromatic carbocycles. The molecule has 0 aliphatic carbocycles. The maximum Gasteiger partial charge on any atom is 0.298 e. The Hall–Kier alpha value is -3.58. The number of amides is 1. The lowest BCUT2D eigenvalue weighted by molar-refractivity contribution is 0.0954. The first-order chi connectivity index (χ1) is 15.6. The second kappa shape index (κ2) is 10.2. The Morgan fingerprint density at radius 3 is 2.59 bits per heavy atom. The van der Waals surface area contributed by atoms with Gasteiger partial charge in [-0.2, -0.15) is 9.36 Å². The average molecular weight is 448 g/mol. The number of aryl methyl sites for hydroxylation is 1. The minimum absolute atomic E-state index is 0.153. The van der Waals surface area contributed by atoms with E-state index >= 15 is 0 Å². The van der Waals surface area contributed by atoms with Crippen LogP contribution in [-0.2, 0) is 12.8 Å². The summed E-state index contributed by atoms with van der Waals surface area (Å²) in [6.07, 6.45) is 1.26. The van der Waals surface area contributed by atoms with Gasteiger partial charge in [0.15, 0.2) is 5.82 Å². The number of rotatable bonds is 8. The summed E-state index contributed by atoms with van der Waals surface area (Å²) in [6, 6.07) is 21.6. The molecule has 1 heterocycles. The molecule has 0 unspecified atom stereocenters. The normalized spacial score (nSPS) is 10.7. The zero-order valence-electron chi connectivity index (χ0n) is 17.5. The van der Waals surface area contributed by atoms with Gasteiger partial charge < -0.3 is 10.1 Å². The van der Waals surface area contributed by atoms with E-state index < -0.39 is 0 Å². The molecule has 0 aliphatic rings. The highest BCUT2D eigenvalue weighted by Gasteiger charge is 2.12. The Bertz CT molecular complexity index is 1190. The highest BCUT2D eigenvalue weighted by Crippen LogP contribution is 2.28. The van der Waals surface area contributed by atoms with E-state index in [2.05, 4.69) is 14.7 Å². The third-order valence-corrected chi connectivity index (χ3v) is 5.55. The fourth-order valence-electron chi connectivity index (χ4n) is 3.15. The van der Waals surface area contributed by atoms with Crippen molar-refractivity contribution in [1.29, 1.82) is 0 Å². The van der Waals surface area contributed by atoms with Crippen molar-refractivity contribution in [1.82, 2.24) is 14.7 Å². The third-order valence-electron chi connectivity index (χ3n) is 4.91. The number of nitrogens with zero attached hydrogens (tertiary/aromatic N) is 2. The number of carbonyl (C=O) groups is 1. The van der Waals surface area contributed by atoms with Crippen molar-refractivity contribution in [3.8, 4) is 10.9 Å². The largest absolute Gasteiger partial charge is 0.430 e. The van der Waals surface area contributed by atoms with Crippen molar-refractivity contribution in [2.75, 3.05) is 6.54 Å². The van der Waals surface area contributed by atoms with Crippen LogP contribution >= 0.6 is 11.5 Å². The van der Waals surface area contributed by atoms with Gasteiger partial charge in [0, 0.05) is 30.1 Å². The van der Waals surface area contributed by atoms with Crippen LogP contribution in [0.15, 0.2) is 72.8 Å². The van der Waals surface area contributed by atoms with E-state index in [-0.39, 0.29) is 11.7 Å². The van der Waals surface area contributed by atoms with Gasteiger partial charge in [0.05, 0.1) is 0 Å². The number of nitrogens with one attached hydrogen (secondary N) is 1. The predicted octanol–water partition coefficient (Wildman–Crippen LogP) is 5.34. The lowest BCUT2D eigenvalue weighted by Gasteiger charge is -2.09. The lowest BCUT2D eigenvalue weighted by atomic mass is 10.1. The second-order valence-corrected chi connectivity index (χ2v) is 8.07. The first-order valence-electron chi connectivity index (χ1n) is 10.2. The highest BCUT2D eigenvalue weighted by molar-refractivity contribution is 7.07. The molecule has 0 saturated heterocycles. The summed E-state index contributed by atoms with van der Waals surface area (Å²) in [5.74, 6) is 0.734. The van der Waals surface area contributed by atoms with Gasteiger partial charge in [-0.05, 0) is 54.3 Å². The molecule has 5 nitrogen and oxygen atoms in total. The first kappa shape index (κ1) is 21.6. The standard InChI is InChI=1S/C25H22FN3O2S/c1-17-7-10-20(24(30)27-14-13-18-5-3-2-4-6-18)16-22(17)31-25-28-23(29-32-25)15-19-8-11-21(26)12-9-19/h2-12,16H,13-15H2,1H3,(H,27,30). The van der Waals surface area contributed by atoms with Crippen LogP contribution in [-0.4, -0.2) is 21.8 Å². The Morgan fingerprint density at radius 2 is 1.81 bits per heavy atom. The molecule has 0 saturated carbocycles. The van der Waals surface area contributed by atoms with E-state index in [9.17, 15) is 9.18 Å². The quantitative estimate of drug-likeness (QED) is 0.396. The number of aromatic nitrogens is 2. The summed E-state index contributed by atoms with van der Waals surface area (Å²) in [7, 11) is 0. The molecule has 0 atom stereocenters. The minimum atomic E-state index is -0.275. The number of ether oxygens (including phenoxy) is 1. The monoisotopic (exact) mass is 447 g/mol. The fourth-order valence-corrected chi connectivity index (χ4v) is 3.71. The minimum Gasteiger partial charge on any atom is -0.430 e. The summed E-state index contributed by atoms with van der Waals surface area (Å²) in [6.45, 7) is 2.46. The molecule has 7 heteroatoms. The molecular weight excluding hydrogens is 425 g/mol. The maximum absolute atomic E-state index is 13.1. The van der Waals surface area contributed by atoms with Crippen molar-refractivity contribution in [3.63, 3.8) is 0 Å². The highest BCUT2D eigenvalue weighted by atomic mass is 32.1. The molecule has 1 amide bonds. The zero-order valence-corrected chi connectivity index (χ0v) is 18.4. The van der Waals surface area contributed by atoms with E-state index in [0.717, 1.165) is 29.1 Å². The van der Waals surface area contributed by atoms with Gasteiger partial charge in [-0.25, -0.2) is 4.39 Å². The SMILES string of the molecule is Cc1ccc(C(=O)NCCc2ccccc2)cc1Oc1nc(Cc2ccc(F)cc2)ns1. The number of carbonyl (C=O) groups excluding carboxylic acids is 1. The van der Waals surface area contributed by atoms with Crippen LogP contribution in [0.2, 0.25) is 0 Å². The van der Waals surface area contributed by atoms with Gasteiger partial charge in [-0.1, -0.05) is 48.5 Å². The Labute approximate surface area is 190 Å². The van der Waals surface area contributed by atoms with Gasteiger partial charge in [-0.3, -0.25) is 4.79 Å². The molecule has 0 spiro atoms. The van der Waals surface area contributed by atoms with Crippen LogP contribution in [0, 0.1) is 12.7 Å². The zero-order chi connectivity index (χ0) is 22.3. The van der Waals surface area contributed by atoms with E-state index in [1.807, 2.05) is 43.3 Å². The molecule has 0 fully saturated rings. The van der Waals surface area contributed by atoms with E-state index in [4.69, 9.17) is 4.74 Å². The molecule has 32 heavy (non-hydrogen) atoms. The molecule has 162 valence electrons. The maximum atomic E-state index is 13.1. The van der Waals surface area contributed by atoms with Gasteiger partial charge in [0.25, 0.3) is 11.1 Å². The Morgan fingerprint density at radius 1 is 1.03 bits per heavy atom. The van der Waals surface area contributed by atoms with Gasteiger partial charge >= 0.3 is 0 Å². The first-order valence-corrected chi connectivity index (χ1v) is 11.0. The van der Waals surface area contributed by atoms with Gasteiger partial charge in [0.1, 0.15) is 11.6 Å². The van der Waals surface area contributed by atoms with Crippen molar-refractivity contribution < 1.29 is 13.9 Å². The summed E-state index contributed by atoms with van der Waals surface area (Å²) in [5, 5.41) is 3.34. The predicted molar refractivity (Wildman–Crippen MR) is 123 cm³/mol. The van der Waals surface area contributed by atoms with Gasteiger partial charge in [-0.15, -0.1) is 0 Å². The van der Waals surface area contributed by atoms with Crippen molar-refractivity contribution in [2.45, 2.75) is 19.8 Å². The summed E-state index contributed by atoms with van der Waals surface area (Å²) < 4.78 is 23.3. The summed E-state index contributed by atoms with van der Waals surface area (Å²) in [4.78, 5) is 17.0. The molecule has 0 bridgehead atoms. The van der Waals surface area contributed by atoms with Crippen LogP contribution in [0.1, 0.15) is 32.9 Å². The molecule has 4 aromatic rings. The molecule has 4 rings (SSSR count). The molecule has 0 aliphatic heterocycles. The summed E-state index contributed by atoms with van der Waals surface area (Å²) in [5.41, 5.74) is 3.50. The van der Waals surface area contributed by atoms with Crippen LogP contribution < -0.4 is 10.1 Å². The topological polar surface area (TPSA) is 64.1 Å². The van der Waals surface area contributed by atoms with Crippen molar-refractivity contribution >= 4 is 17.4 Å². The van der Waals surface area contributed by atoms with Crippen LogP contribution in [0.25, 0.3) is 0 Å². The van der Waals surface area contributed by atoms with Crippen molar-refractivity contribution in [2.24, 2.45) is 0 Å².